The molecule has 1 amide bonds. The summed E-state index contributed by atoms with van der Waals surface area (Å²) in [6.07, 6.45) is 15.0. The van der Waals surface area contributed by atoms with Crippen molar-refractivity contribution in [3.63, 3.8) is 0 Å². The summed E-state index contributed by atoms with van der Waals surface area (Å²) in [7, 11) is 0.225. The van der Waals surface area contributed by atoms with Gasteiger partial charge in [-0.1, -0.05) is 59.0 Å². The second kappa shape index (κ2) is 18.3. The molecular formula is C24H40NO3S+. The average Bonchev–Trinajstić information content (AvgIpc) is 2.73. The maximum atomic E-state index is 11.9. The Morgan fingerprint density at radius 3 is 1.97 bits per heavy atom. The molecule has 1 rings (SSSR count). The van der Waals surface area contributed by atoms with Gasteiger partial charge in [-0.05, 0) is 43.2 Å². The molecule has 4 nitrogen and oxygen atoms in total. The number of carbonyl (C=O) groups excluding carboxylic acids is 2. The van der Waals surface area contributed by atoms with Crippen LogP contribution in [0.25, 0.3) is 0 Å². The van der Waals surface area contributed by atoms with E-state index in [0.717, 1.165) is 38.6 Å². The van der Waals surface area contributed by atoms with E-state index in [2.05, 4.69) is 24.4 Å². The van der Waals surface area contributed by atoms with Crippen molar-refractivity contribution in [2.24, 2.45) is 0 Å². The lowest BCUT2D eigenvalue weighted by Crippen LogP contribution is -2.21. The molecule has 0 atom stereocenters. The van der Waals surface area contributed by atoms with Gasteiger partial charge in [0.15, 0.2) is 4.90 Å². The molecule has 1 N–H and O–H groups in total. The van der Waals surface area contributed by atoms with Crippen LogP contribution < -0.4 is 10.1 Å². The molecule has 0 saturated heterocycles. The number of ether oxygens (including phenoxy) is 1. The zero-order valence-corrected chi connectivity index (χ0v) is 19.6. The Kier molecular flexibility index (Phi) is 17.2. The number of amides is 1. The Morgan fingerprint density at radius 2 is 1.45 bits per heavy atom. The third kappa shape index (κ3) is 14.8. The van der Waals surface area contributed by atoms with Gasteiger partial charge in [-0.15, -0.1) is 0 Å². The van der Waals surface area contributed by atoms with Crippen molar-refractivity contribution in [3.05, 3.63) is 36.9 Å². The minimum absolute atomic E-state index is 0.0959. The van der Waals surface area contributed by atoms with Crippen LogP contribution in [-0.4, -0.2) is 30.9 Å². The van der Waals surface area contributed by atoms with Crippen LogP contribution >= 0.6 is 0 Å². The van der Waals surface area contributed by atoms with Crippen LogP contribution in [-0.2, 0) is 20.5 Å². The van der Waals surface area contributed by atoms with E-state index in [-0.39, 0.29) is 22.8 Å². The van der Waals surface area contributed by atoms with Crippen molar-refractivity contribution >= 4 is 22.8 Å². The number of rotatable bonds is 14. The molecule has 5 heteroatoms. The van der Waals surface area contributed by atoms with E-state index in [1.807, 2.05) is 38.1 Å². The van der Waals surface area contributed by atoms with Gasteiger partial charge >= 0.3 is 5.97 Å². The van der Waals surface area contributed by atoms with Gasteiger partial charge < -0.3 is 10.1 Å². The highest BCUT2D eigenvalue weighted by Crippen LogP contribution is 2.17. The first-order chi connectivity index (χ1) is 14.0. The molecule has 0 aliphatic heterocycles. The van der Waals surface area contributed by atoms with Crippen LogP contribution in [0.3, 0.4) is 0 Å². The van der Waals surface area contributed by atoms with Crippen molar-refractivity contribution in [2.45, 2.75) is 76.5 Å². The summed E-state index contributed by atoms with van der Waals surface area (Å²) in [5.74, 6) is 0.399. The molecule has 0 fully saturated rings. The van der Waals surface area contributed by atoms with E-state index >= 15 is 0 Å². The fourth-order valence-corrected chi connectivity index (χ4v) is 3.38. The molecule has 0 heterocycles. The van der Waals surface area contributed by atoms with Crippen LogP contribution in [0.1, 0.15) is 71.6 Å². The molecule has 0 spiro atoms. The maximum Gasteiger partial charge on any atom is 0.311 e. The second-order valence-corrected chi connectivity index (χ2v) is 8.94. The topological polar surface area (TPSA) is 55.4 Å². The van der Waals surface area contributed by atoms with Gasteiger partial charge in [0.2, 0.25) is 5.91 Å². The monoisotopic (exact) mass is 422 g/mol. The molecule has 0 bridgehead atoms. The Labute approximate surface area is 180 Å². The fraction of sp³-hybridized carbons (Fsp3) is 0.583. The van der Waals surface area contributed by atoms with Gasteiger partial charge in [0, 0.05) is 23.9 Å². The Bertz CT molecular complexity index is 570. The van der Waals surface area contributed by atoms with Crippen molar-refractivity contribution in [1.82, 2.24) is 5.32 Å². The largest absolute Gasteiger partial charge is 0.427 e. The molecule has 0 radical (unpaired) electrons. The molecular weight excluding hydrogens is 382 g/mol. The van der Waals surface area contributed by atoms with Crippen LogP contribution in [0, 0.1) is 0 Å². The average molecular weight is 423 g/mol. The predicted octanol–water partition coefficient (Wildman–Crippen LogP) is 5.67. The normalized spacial score (nSPS) is 10.1. The first-order valence-corrected chi connectivity index (χ1v) is 12.9. The van der Waals surface area contributed by atoms with Gasteiger partial charge in [0.1, 0.15) is 18.3 Å². The van der Waals surface area contributed by atoms with Crippen molar-refractivity contribution in [3.8, 4) is 5.75 Å². The van der Waals surface area contributed by atoms with Crippen molar-refractivity contribution < 1.29 is 14.3 Å². The molecule has 1 aromatic rings. The van der Waals surface area contributed by atoms with E-state index in [0.29, 0.717) is 12.2 Å². The summed E-state index contributed by atoms with van der Waals surface area (Å²) in [6, 6.07) is 7.81. The standard InChI is InChI=1S/C22H33NO3S.C2H6/c1-4-21(24)23-18-12-10-8-6-5-7-9-11-13-22(25)26-19-14-16-20(17-15-19)27(2)3;1-2/h4,14-17H,1,5-13,18H2,2-3H3;1-2H3/p+1. The molecule has 0 aromatic heterocycles. The van der Waals surface area contributed by atoms with E-state index < -0.39 is 0 Å². The van der Waals surface area contributed by atoms with Gasteiger partial charge in [0.25, 0.3) is 0 Å². The zero-order valence-electron chi connectivity index (χ0n) is 18.8. The van der Waals surface area contributed by atoms with Gasteiger partial charge in [-0.25, -0.2) is 0 Å². The smallest absolute Gasteiger partial charge is 0.311 e. The van der Waals surface area contributed by atoms with Crippen molar-refractivity contribution in [1.29, 1.82) is 0 Å². The van der Waals surface area contributed by atoms with Crippen LogP contribution in [0.5, 0.6) is 5.75 Å². The molecule has 0 aliphatic carbocycles. The van der Waals surface area contributed by atoms with Gasteiger partial charge in [-0.2, -0.15) is 0 Å². The minimum Gasteiger partial charge on any atom is -0.427 e. The predicted molar refractivity (Wildman–Crippen MR) is 126 cm³/mol. The van der Waals surface area contributed by atoms with Crippen LogP contribution in [0.4, 0.5) is 0 Å². The molecule has 164 valence electrons. The second-order valence-electron chi connectivity index (χ2n) is 6.84. The number of hydrogen-bond acceptors (Lipinski definition) is 3. The number of nitrogens with one attached hydrogen (secondary N) is 1. The number of hydrogen-bond donors (Lipinski definition) is 1. The Morgan fingerprint density at radius 1 is 0.931 bits per heavy atom. The maximum absolute atomic E-state index is 11.9. The van der Waals surface area contributed by atoms with E-state index in [1.54, 1.807) is 0 Å². The highest BCUT2D eigenvalue weighted by atomic mass is 32.2. The SMILES string of the molecule is C=CC(=O)NCCCCCCCCCCC(=O)Oc1ccc([S+](C)C)cc1.CC. The lowest BCUT2D eigenvalue weighted by atomic mass is 10.1. The quantitative estimate of drug-likeness (QED) is 0.138. The minimum atomic E-state index is -0.142. The first kappa shape index (κ1) is 27.2. The fourth-order valence-electron chi connectivity index (χ4n) is 2.70. The lowest BCUT2D eigenvalue weighted by molar-refractivity contribution is -0.134. The number of esters is 1. The van der Waals surface area contributed by atoms with E-state index in [9.17, 15) is 9.59 Å². The number of carbonyl (C=O) groups is 2. The summed E-state index contributed by atoms with van der Waals surface area (Å²) in [5.41, 5.74) is 0. The Hall–Kier alpha value is -1.75. The lowest BCUT2D eigenvalue weighted by Gasteiger charge is -2.05. The molecule has 0 saturated carbocycles. The summed E-state index contributed by atoms with van der Waals surface area (Å²) >= 11 is 0. The third-order valence-corrected chi connectivity index (χ3v) is 5.53. The van der Waals surface area contributed by atoms with Crippen LogP contribution in [0.15, 0.2) is 41.8 Å². The van der Waals surface area contributed by atoms with Crippen LogP contribution in [0.2, 0.25) is 0 Å². The van der Waals surface area contributed by atoms with Crippen molar-refractivity contribution in [2.75, 3.05) is 19.1 Å². The Balaban J connectivity index is 0.00000379. The summed E-state index contributed by atoms with van der Waals surface area (Å²) < 4.78 is 5.38. The number of benzene rings is 1. The summed E-state index contributed by atoms with van der Waals surface area (Å²) in [6.45, 7) is 8.15. The molecule has 0 aliphatic rings. The summed E-state index contributed by atoms with van der Waals surface area (Å²) in [4.78, 5) is 24.1. The van der Waals surface area contributed by atoms with E-state index in [1.165, 1.54) is 30.2 Å². The van der Waals surface area contributed by atoms with E-state index in [4.69, 9.17) is 4.74 Å². The van der Waals surface area contributed by atoms with Gasteiger partial charge in [-0.3, -0.25) is 9.59 Å². The highest BCUT2D eigenvalue weighted by Gasteiger charge is 2.09. The van der Waals surface area contributed by atoms with Gasteiger partial charge in [0.05, 0.1) is 0 Å². The summed E-state index contributed by atoms with van der Waals surface area (Å²) in [5, 5.41) is 2.79. The molecule has 29 heavy (non-hydrogen) atoms. The first-order valence-electron chi connectivity index (χ1n) is 10.8. The number of unbranched alkanes of at least 4 members (excludes halogenated alkanes) is 7. The zero-order chi connectivity index (χ0) is 21.9. The molecule has 1 aromatic carbocycles. The molecule has 0 unspecified atom stereocenters. The highest BCUT2D eigenvalue weighted by molar-refractivity contribution is 7.95. The third-order valence-electron chi connectivity index (χ3n) is 4.32.